The van der Waals surface area contributed by atoms with Crippen molar-refractivity contribution in [3.05, 3.63) is 22.3 Å². The molecule has 1 aromatic rings. The monoisotopic (exact) mass is 301 g/mol. The summed E-state index contributed by atoms with van der Waals surface area (Å²) < 4.78 is 13.6. The lowest BCUT2D eigenvalue weighted by molar-refractivity contribution is -0.117. The first-order valence-electron chi connectivity index (χ1n) is 5.37. The molecular formula is C11H13BrFN3O. The number of halogens is 2. The Hall–Kier alpha value is -1.01. The number of carbonyl (C=O) groups is 1. The van der Waals surface area contributed by atoms with E-state index in [0.717, 1.165) is 5.56 Å². The molecule has 92 valence electrons. The normalized spacial score (nSPS) is 23.7. The van der Waals surface area contributed by atoms with E-state index < -0.39 is 12.2 Å². The third-order valence-corrected chi connectivity index (χ3v) is 2.99. The minimum Gasteiger partial charge on any atom is -0.309 e. The molecule has 2 rings (SSSR count). The quantitative estimate of drug-likeness (QED) is 0.819. The van der Waals surface area contributed by atoms with E-state index in [1.807, 2.05) is 13.0 Å². The molecule has 0 unspecified atom stereocenters. The van der Waals surface area contributed by atoms with Crippen molar-refractivity contribution < 1.29 is 9.18 Å². The molecule has 0 spiro atoms. The van der Waals surface area contributed by atoms with Gasteiger partial charge in [0.1, 0.15) is 16.6 Å². The number of aromatic nitrogens is 1. The van der Waals surface area contributed by atoms with Gasteiger partial charge in [0.25, 0.3) is 0 Å². The summed E-state index contributed by atoms with van der Waals surface area (Å²) in [5, 5.41) is 5.51. The molecule has 4 nitrogen and oxygen atoms in total. The maximum absolute atomic E-state index is 12.9. The van der Waals surface area contributed by atoms with Crippen LogP contribution in [0.5, 0.6) is 0 Å². The molecule has 2 atom stereocenters. The van der Waals surface area contributed by atoms with Crippen LogP contribution in [0.2, 0.25) is 0 Å². The number of carbonyl (C=O) groups excluding carboxylic acids is 1. The highest BCUT2D eigenvalue weighted by Crippen LogP contribution is 2.16. The van der Waals surface area contributed by atoms with Gasteiger partial charge in [0.05, 0.1) is 6.04 Å². The fraction of sp³-hybridized carbons (Fsp3) is 0.455. The van der Waals surface area contributed by atoms with E-state index >= 15 is 0 Å². The third kappa shape index (κ3) is 3.23. The zero-order chi connectivity index (χ0) is 12.4. The number of nitrogens with zero attached hydrogens (tertiary/aromatic N) is 1. The number of alkyl halides is 1. The molecule has 2 N–H and O–H groups in total. The van der Waals surface area contributed by atoms with Gasteiger partial charge in [0.15, 0.2) is 0 Å². The highest BCUT2D eigenvalue weighted by Gasteiger charge is 2.29. The maximum atomic E-state index is 12.9. The fourth-order valence-electron chi connectivity index (χ4n) is 1.79. The van der Waals surface area contributed by atoms with E-state index in [0.29, 0.717) is 10.4 Å². The molecule has 17 heavy (non-hydrogen) atoms. The number of hydrogen-bond acceptors (Lipinski definition) is 3. The standard InChI is InChI=1S/C11H13BrFN3O/c1-6-2-9(12)15-10(3-6)16-11(17)8-4-7(13)5-14-8/h2-3,7-8,14H,4-5H2,1H3,(H,15,16,17)/t7-,8+/m1/s1. The second kappa shape index (κ2) is 5.10. The van der Waals surface area contributed by atoms with Crippen LogP contribution in [0, 0.1) is 6.92 Å². The van der Waals surface area contributed by atoms with Gasteiger partial charge < -0.3 is 10.6 Å². The van der Waals surface area contributed by atoms with Gasteiger partial charge in [-0.05, 0) is 40.5 Å². The van der Waals surface area contributed by atoms with Gasteiger partial charge in [-0.15, -0.1) is 0 Å². The summed E-state index contributed by atoms with van der Waals surface area (Å²) in [4.78, 5) is 15.9. The van der Waals surface area contributed by atoms with Gasteiger partial charge in [0.2, 0.25) is 5.91 Å². The second-order valence-corrected chi connectivity index (χ2v) is 4.95. The van der Waals surface area contributed by atoms with Crippen molar-refractivity contribution in [1.82, 2.24) is 10.3 Å². The van der Waals surface area contributed by atoms with E-state index in [2.05, 4.69) is 31.5 Å². The van der Waals surface area contributed by atoms with Gasteiger partial charge in [-0.3, -0.25) is 4.79 Å². The highest BCUT2D eigenvalue weighted by molar-refractivity contribution is 9.10. The molecule has 1 aliphatic heterocycles. The number of anilines is 1. The molecular weight excluding hydrogens is 289 g/mol. The number of hydrogen-bond donors (Lipinski definition) is 2. The van der Waals surface area contributed by atoms with Crippen molar-refractivity contribution in [3.63, 3.8) is 0 Å². The Balaban J connectivity index is 2.03. The largest absolute Gasteiger partial charge is 0.309 e. The topological polar surface area (TPSA) is 54.0 Å². The molecule has 0 bridgehead atoms. The Morgan fingerprint density at radius 2 is 2.41 bits per heavy atom. The molecule has 0 aromatic carbocycles. The number of nitrogens with one attached hydrogen (secondary N) is 2. The average molecular weight is 302 g/mol. The first kappa shape index (κ1) is 12.4. The minimum absolute atomic E-state index is 0.221. The first-order valence-corrected chi connectivity index (χ1v) is 6.16. The molecule has 2 heterocycles. The maximum Gasteiger partial charge on any atom is 0.242 e. The lowest BCUT2D eigenvalue weighted by Crippen LogP contribution is -2.35. The van der Waals surface area contributed by atoms with Crippen molar-refractivity contribution in [2.45, 2.75) is 25.6 Å². The van der Waals surface area contributed by atoms with Crippen LogP contribution < -0.4 is 10.6 Å². The Morgan fingerprint density at radius 1 is 1.65 bits per heavy atom. The molecule has 1 saturated heterocycles. The molecule has 1 fully saturated rings. The summed E-state index contributed by atoms with van der Waals surface area (Å²) in [7, 11) is 0. The number of aryl methyl sites for hydroxylation is 1. The molecule has 0 radical (unpaired) electrons. The summed E-state index contributed by atoms with van der Waals surface area (Å²) in [6.07, 6.45) is -0.721. The van der Waals surface area contributed by atoms with Crippen molar-refractivity contribution in [3.8, 4) is 0 Å². The zero-order valence-electron chi connectivity index (χ0n) is 9.34. The van der Waals surface area contributed by atoms with E-state index in [4.69, 9.17) is 0 Å². The SMILES string of the molecule is Cc1cc(Br)nc(NC(=O)[C@@H]2C[C@@H](F)CN2)c1. The van der Waals surface area contributed by atoms with Crippen LogP contribution in [-0.4, -0.2) is 29.6 Å². The molecule has 1 aromatic heterocycles. The second-order valence-electron chi connectivity index (χ2n) is 4.14. The van der Waals surface area contributed by atoms with E-state index in [1.54, 1.807) is 6.07 Å². The Kier molecular flexibility index (Phi) is 3.73. The van der Waals surface area contributed by atoms with E-state index in [-0.39, 0.29) is 18.9 Å². The smallest absolute Gasteiger partial charge is 0.242 e. The summed E-state index contributed by atoms with van der Waals surface area (Å²) in [5.41, 5.74) is 0.991. The van der Waals surface area contributed by atoms with Crippen LogP contribution in [-0.2, 0) is 4.79 Å². The van der Waals surface area contributed by atoms with Gasteiger partial charge in [0, 0.05) is 13.0 Å². The van der Waals surface area contributed by atoms with Gasteiger partial charge in [-0.25, -0.2) is 9.37 Å². The van der Waals surface area contributed by atoms with Gasteiger partial charge in [-0.2, -0.15) is 0 Å². The van der Waals surface area contributed by atoms with Crippen molar-refractivity contribution >= 4 is 27.7 Å². The van der Waals surface area contributed by atoms with Crippen LogP contribution in [0.15, 0.2) is 16.7 Å². The Morgan fingerprint density at radius 3 is 3.00 bits per heavy atom. The Labute approximate surface area is 107 Å². The Bertz CT molecular complexity index is 420. The van der Waals surface area contributed by atoms with Gasteiger partial charge >= 0.3 is 0 Å². The van der Waals surface area contributed by atoms with Crippen LogP contribution in [0.3, 0.4) is 0 Å². The third-order valence-electron chi connectivity index (χ3n) is 2.58. The van der Waals surface area contributed by atoms with Crippen molar-refractivity contribution in [2.75, 3.05) is 11.9 Å². The summed E-state index contributed by atoms with van der Waals surface area (Å²) in [5.74, 6) is 0.237. The van der Waals surface area contributed by atoms with E-state index in [9.17, 15) is 9.18 Å². The number of pyridine rings is 1. The molecule has 6 heteroatoms. The molecule has 0 saturated carbocycles. The molecule has 0 aliphatic carbocycles. The lowest BCUT2D eigenvalue weighted by atomic mass is 10.2. The van der Waals surface area contributed by atoms with Crippen LogP contribution in [0.1, 0.15) is 12.0 Å². The summed E-state index contributed by atoms with van der Waals surface area (Å²) in [6.45, 7) is 2.15. The van der Waals surface area contributed by atoms with Gasteiger partial charge in [-0.1, -0.05) is 0 Å². The zero-order valence-corrected chi connectivity index (χ0v) is 10.9. The molecule has 1 amide bonds. The van der Waals surface area contributed by atoms with Crippen LogP contribution >= 0.6 is 15.9 Å². The van der Waals surface area contributed by atoms with Crippen molar-refractivity contribution in [2.24, 2.45) is 0 Å². The highest BCUT2D eigenvalue weighted by atomic mass is 79.9. The number of rotatable bonds is 2. The van der Waals surface area contributed by atoms with Crippen LogP contribution in [0.4, 0.5) is 10.2 Å². The molecule has 1 aliphatic rings. The van der Waals surface area contributed by atoms with Crippen molar-refractivity contribution in [1.29, 1.82) is 0 Å². The first-order chi connectivity index (χ1) is 8.04. The van der Waals surface area contributed by atoms with Crippen LogP contribution in [0.25, 0.3) is 0 Å². The average Bonchev–Trinajstić information content (AvgIpc) is 2.63. The summed E-state index contributed by atoms with van der Waals surface area (Å²) in [6, 6.07) is 3.15. The predicted octanol–water partition coefficient (Wildman–Crippen LogP) is 1.79. The fourth-order valence-corrected chi connectivity index (χ4v) is 2.35. The summed E-state index contributed by atoms with van der Waals surface area (Å²) >= 11 is 3.26. The minimum atomic E-state index is -0.942. The number of amides is 1. The predicted molar refractivity (Wildman–Crippen MR) is 66.6 cm³/mol. The van der Waals surface area contributed by atoms with E-state index in [1.165, 1.54) is 0 Å². The lowest BCUT2D eigenvalue weighted by Gasteiger charge is -2.10.